The molecule has 2 aromatic carbocycles. The maximum atomic E-state index is 13.6. The zero-order valence-corrected chi connectivity index (χ0v) is 22.5. The number of ether oxygens (including phenoxy) is 4. The van der Waals surface area contributed by atoms with E-state index >= 15 is 0 Å². The summed E-state index contributed by atoms with van der Waals surface area (Å²) >= 11 is 0. The summed E-state index contributed by atoms with van der Waals surface area (Å²) in [4.78, 5) is 40.0. The molecule has 1 fully saturated rings. The van der Waals surface area contributed by atoms with E-state index in [2.05, 4.69) is 5.32 Å². The molecule has 9 heteroatoms. The summed E-state index contributed by atoms with van der Waals surface area (Å²) in [5.74, 6) is 0.0938. The molecule has 2 aliphatic heterocycles. The van der Waals surface area contributed by atoms with Crippen LogP contribution >= 0.6 is 0 Å². The number of allylic oxidation sites excluding steroid dienone is 1. The van der Waals surface area contributed by atoms with Crippen LogP contribution in [0.5, 0.6) is 11.5 Å². The van der Waals surface area contributed by atoms with Crippen molar-refractivity contribution in [2.24, 2.45) is 0 Å². The van der Waals surface area contributed by atoms with E-state index in [0.717, 1.165) is 19.4 Å². The standard InChI is InChI=1S/C30H34N2O7/c1-4-36-23-14-10-22(11-15-23)32-20(3)28(30(35)37-5-2)26(29(32)34)17-21-8-12-24(13-9-21)39-19-27(33)31-18-25-7-6-16-38-25/h8-15,17,25H,4-7,16,18-19H2,1-3H3,(H,31,33)/b26-17-/t25-/m1/s1. The van der Waals surface area contributed by atoms with Crippen LogP contribution in [0.4, 0.5) is 5.69 Å². The Hall–Kier alpha value is -4.11. The first-order valence-corrected chi connectivity index (χ1v) is 13.2. The number of hydrogen-bond acceptors (Lipinski definition) is 7. The van der Waals surface area contributed by atoms with E-state index in [-0.39, 0.29) is 42.3 Å². The lowest BCUT2D eigenvalue weighted by Gasteiger charge is -2.18. The summed E-state index contributed by atoms with van der Waals surface area (Å²) < 4.78 is 21.9. The molecule has 0 saturated carbocycles. The van der Waals surface area contributed by atoms with Gasteiger partial charge in [-0.05, 0) is 81.7 Å². The van der Waals surface area contributed by atoms with Crippen LogP contribution in [0.2, 0.25) is 0 Å². The van der Waals surface area contributed by atoms with Gasteiger partial charge < -0.3 is 24.3 Å². The smallest absolute Gasteiger partial charge is 0.340 e. The third kappa shape index (κ3) is 6.86. The van der Waals surface area contributed by atoms with Crippen LogP contribution in [-0.2, 0) is 23.9 Å². The minimum absolute atomic E-state index is 0.0714. The van der Waals surface area contributed by atoms with Gasteiger partial charge in [-0.2, -0.15) is 0 Å². The summed E-state index contributed by atoms with van der Waals surface area (Å²) in [6, 6.07) is 14.1. The molecule has 1 N–H and O–H groups in total. The van der Waals surface area contributed by atoms with E-state index in [1.165, 1.54) is 4.90 Å². The molecule has 2 amide bonds. The third-order valence-corrected chi connectivity index (χ3v) is 6.40. The fourth-order valence-electron chi connectivity index (χ4n) is 4.51. The summed E-state index contributed by atoms with van der Waals surface area (Å²) in [5.41, 5.74) is 2.26. The maximum Gasteiger partial charge on any atom is 0.340 e. The van der Waals surface area contributed by atoms with Crippen molar-refractivity contribution in [1.29, 1.82) is 0 Å². The van der Waals surface area contributed by atoms with Gasteiger partial charge in [0.15, 0.2) is 6.61 Å². The Morgan fingerprint density at radius 3 is 2.36 bits per heavy atom. The average Bonchev–Trinajstić information content (AvgIpc) is 3.54. The van der Waals surface area contributed by atoms with E-state index in [9.17, 15) is 14.4 Å². The molecule has 206 valence electrons. The molecule has 0 spiro atoms. The number of esters is 1. The predicted molar refractivity (Wildman–Crippen MR) is 146 cm³/mol. The van der Waals surface area contributed by atoms with Crippen molar-refractivity contribution < 1.29 is 33.3 Å². The van der Waals surface area contributed by atoms with Gasteiger partial charge >= 0.3 is 5.97 Å². The van der Waals surface area contributed by atoms with Crippen LogP contribution in [0, 0.1) is 0 Å². The fraction of sp³-hybridized carbons (Fsp3) is 0.367. The van der Waals surface area contributed by atoms with Crippen molar-refractivity contribution in [3.8, 4) is 11.5 Å². The molecule has 2 aromatic rings. The monoisotopic (exact) mass is 534 g/mol. The Kier molecular flexibility index (Phi) is 9.38. The van der Waals surface area contributed by atoms with Crippen LogP contribution < -0.4 is 19.7 Å². The van der Waals surface area contributed by atoms with Crippen LogP contribution in [0.25, 0.3) is 6.08 Å². The molecule has 1 atom stereocenters. The van der Waals surface area contributed by atoms with Gasteiger partial charge in [0, 0.05) is 24.5 Å². The first-order chi connectivity index (χ1) is 18.9. The number of amides is 2. The molecule has 39 heavy (non-hydrogen) atoms. The minimum Gasteiger partial charge on any atom is -0.494 e. The van der Waals surface area contributed by atoms with E-state index in [1.807, 2.05) is 6.92 Å². The third-order valence-electron chi connectivity index (χ3n) is 6.40. The molecule has 2 aliphatic rings. The molecule has 0 radical (unpaired) electrons. The van der Waals surface area contributed by atoms with Crippen molar-refractivity contribution in [2.75, 3.05) is 37.9 Å². The lowest BCUT2D eigenvalue weighted by molar-refractivity contribution is -0.138. The Labute approximate surface area is 228 Å². The number of carbonyl (C=O) groups excluding carboxylic acids is 3. The molecule has 0 aliphatic carbocycles. The normalized spacial score (nSPS) is 18.0. The lowest BCUT2D eigenvalue weighted by Crippen LogP contribution is -2.35. The largest absolute Gasteiger partial charge is 0.494 e. The zero-order valence-electron chi connectivity index (χ0n) is 22.5. The van der Waals surface area contributed by atoms with Crippen molar-refractivity contribution in [3.63, 3.8) is 0 Å². The summed E-state index contributed by atoms with van der Waals surface area (Å²) in [7, 11) is 0. The van der Waals surface area contributed by atoms with E-state index in [0.29, 0.717) is 41.6 Å². The second kappa shape index (κ2) is 13.1. The Balaban J connectivity index is 1.48. The number of rotatable bonds is 11. The van der Waals surface area contributed by atoms with Gasteiger partial charge in [-0.15, -0.1) is 0 Å². The minimum atomic E-state index is -0.558. The van der Waals surface area contributed by atoms with Gasteiger partial charge in [-0.3, -0.25) is 14.5 Å². The summed E-state index contributed by atoms with van der Waals surface area (Å²) in [6.07, 6.45) is 3.69. The predicted octanol–water partition coefficient (Wildman–Crippen LogP) is 4.03. The number of benzene rings is 2. The number of nitrogens with zero attached hydrogens (tertiary/aromatic N) is 1. The summed E-state index contributed by atoms with van der Waals surface area (Å²) in [5, 5.41) is 2.82. The molecule has 4 rings (SSSR count). The van der Waals surface area contributed by atoms with E-state index in [4.69, 9.17) is 18.9 Å². The maximum absolute atomic E-state index is 13.6. The van der Waals surface area contributed by atoms with Crippen molar-refractivity contribution in [2.45, 2.75) is 39.7 Å². The van der Waals surface area contributed by atoms with Gasteiger partial charge in [-0.1, -0.05) is 12.1 Å². The Morgan fingerprint density at radius 1 is 1.03 bits per heavy atom. The number of anilines is 1. The van der Waals surface area contributed by atoms with Gasteiger partial charge in [0.2, 0.25) is 0 Å². The molecule has 9 nitrogen and oxygen atoms in total. The van der Waals surface area contributed by atoms with Gasteiger partial charge in [0.1, 0.15) is 11.5 Å². The highest BCUT2D eigenvalue weighted by atomic mass is 16.5. The van der Waals surface area contributed by atoms with Crippen LogP contribution in [0.1, 0.15) is 39.2 Å². The second-order valence-electron chi connectivity index (χ2n) is 9.10. The number of carbonyl (C=O) groups is 3. The molecule has 1 saturated heterocycles. The fourth-order valence-corrected chi connectivity index (χ4v) is 4.51. The second-order valence-corrected chi connectivity index (χ2v) is 9.10. The average molecular weight is 535 g/mol. The van der Waals surface area contributed by atoms with E-state index in [1.54, 1.807) is 68.5 Å². The van der Waals surface area contributed by atoms with Crippen LogP contribution in [-0.4, -0.2) is 56.9 Å². The highest BCUT2D eigenvalue weighted by molar-refractivity contribution is 6.23. The lowest BCUT2D eigenvalue weighted by atomic mass is 10.0. The topological polar surface area (TPSA) is 103 Å². The Morgan fingerprint density at radius 2 is 1.72 bits per heavy atom. The van der Waals surface area contributed by atoms with Crippen molar-refractivity contribution >= 4 is 29.5 Å². The summed E-state index contributed by atoms with van der Waals surface area (Å²) in [6.45, 7) is 7.17. The highest BCUT2D eigenvalue weighted by Gasteiger charge is 2.38. The zero-order chi connectivity index (χ0) is 27.8. The van der Waals surface area contributed by atoms with Gasteiger partial charge in [0.25, 0.3) is 11.8 Å². The molecular formula is C30H34N2O7. The first kappa shape index (κ1) is 27.9. The van der Waals surface area contributed by atoms with E-state index < -0.39 is 5.97 Å². The quantitative estimate of drug-likeness (QED) is 0.343. The molecule has 0 bridgehead atoms. The molecular weight excluding hydrogens is 500 g/mol. The number of nitrogens with one attached hydrogen (secondary N) is 1. The van der Waals surface area contributed by atoms with Crippen molar-refractivity contribution in [1.82, 2.24) is 5.32 Å². The van der Waals surface area contributed by atoms with Gasteiger partial charge in [-0.25, -0.2) is 4.79 Å². The molecule has 0 aromatic heterocycles. The van der Waals surface area contributed by atoms with Crippen LogP contribution in [0.3, 0.4) is 0 Å². The van der Waals surface area contributed by atoms with Crippen LogP contribution in [0.15, 0.2) is 65.4 Å². The van der Waals surface area contributed by atoms with Gasteiger partial charge in [0.05, 0.1) is 30.5 Å². The SMILES string of the molecule is CCOC(=O)C1=C(C)N(c2ccc(OCC)cc2)C(=O)/C1=C\c1ccc(OCC(=O)NC[C@H]2CCCO2)cc1. The first-order valence-electron chi connectivity index (χ1n) is 13.2. The highest BCUT2D eigenvalue weighted by Crippen LogP contribution is 2.36. The Bertz CT molecular complexity index is 1240. The molecule has 0 unspecified atom stereocenters. The van der Waals surface area contributed by atoms with Crippen molar-refractivity contribution in [3.05, 3.63) is 70.9 Å². The number of hydrogen-bond donors (Lipinski definition) is 1. The molecule has 2 heterocycles.